The lowest BCUT2D eigenvalue weighted by Crippen LogP contribution is -2.26. The molecule has 0 saturated heterocycles. The minimum Gasteiger partial charge on any atom is -0.356 e. The minimum absolute atomic E-state index is 0. The number of nitrogens with two attached hydrogens (primary N) is 1. The molecule has 1 heterocycles. The molecular formula is C11H19Cl2N3O. The summed E-state index contributed by atoms with van der Waals surface area (Å²) in [4.78, 5) is 15.4. The second-order valence-corrected chi connectivity index (χ2v) is 3.31. The van der Waals surface area contributed by atoms with Gasteiger partial charge in [0.1, 0.15) is 0 Å². The highest BCUT2D eigenvalue weighted by molar-refractivity contribution is 5.85. The van der Waals surface area contributed by atoms with E-state index in [4.69, 9.17) is 5.73 Å². The third-order valence-corrected chi connectivity index (χ3v) is 2.04. The quantitative estimate of drug-likeness (QED) is 0.826. The van der Waals surface area contributed by atoms with Crippen LogP contribution in [0.4, 0.5) is 0 Å². The summed E-state index contributed by atoms with van der Waals surface area (Å²) in [7, 11) is 0. The lowest BCUT2D eigenvalue weighted by molar-refractivity contribution is -0.121. The van der Waals surface area contributed by atoms with Crippen LogP contribution in [0.25, 0.3) is 0 Å². The van der Waals surface area contributed by atoms with Crippen molar-refractivity contribution in [2.75, 3.05) is 13.1 Å². The Morgan fingerprint density at radius 2 is 2.12 bits per heavy atom. The average molecular weight is 280 g/mol. The van der Waals surface area contributed by atoms with Gasteiger partial charge in [-0.2, -0.15) is 0 Å². The van der Waals surface area contributed by atoms with Crippen molar-refractivity contribution in [3.8, 4) is 0 Å². The Bertz CT molecular complexity index is 296. The molecule has 3 N–H and O–H groups in total. The Kier molecular flexibility index (Phi) is 12.7. The summed E-state index contributed by atoms with van der Waals surface area (Å²) >= 11 is 0. The first-order valence-corrected chi connectivity index (χ1v) is 5.19. The van der Waals surface area contributed by atoms with E-state index in [-0.39, 0.29) is 30.7 Å². The second-order valence-electron chi connectivity index (χ2n) is 3.31. The van der Waals surface area contributed by atoms with Gasteiger partial charge in [0.25, 0.3) is 0 Å². The van der Waals surface area contributed by atoms with Gasteiger partial charge in [0.2, 0.25) is 5.91 Å². The molecule has 0 aliphatic heterocycles. The van der Waals surface area contributed by atoms with Crippen molar-refractivity contribution < 1.29 is 4.79 Å². The van der Waals surface area contributed by atoms with Crippen LogP contribution >= 0.6 is 24.8 Å². The van der Waals surface area contributed by atoms with Crippen LogP contribution in [-0.4, -0.2) is 24.0 Å². The van der Waals surface area contributed by atoms with Crippen LogP contribution in [0.2, 0.25) is 0 Å². The molecule has 0 atom stereocenters. The first-order chi connectivity index (χ1) is 7.33. The number of aromatic nitrogens is 1. The Balaban J connectivity index is 0. The fourth-order valence-corrected chi connectivity index (χ4v) is 1.23. The zero-order chi connectivity index (χ0) is 10.9. The summed E-state index contributed by atoms with van der Waals surface area (Å²) in [5.41, 5.74) is 6.30. The lowest BCUT2D eigenvalue weighted by atomic mass is 10.2. The number of hydrogen-bond acceptors (Lipinski definition) is 3. The molecule has 1 rings (SSSR count). The Labute approximate surface area is 114 Å². The summed E-state index contributed by atoms with van der Waals surface area (Å²) in [5, 5.41) is 2.83. The number of pyridine rings is 1. The second kappa shape index (κ2) is 11.6. The number of carbonyl (C=O) groups is 1. The smallest absolute Gasteiger partial charge is 0.220 e. The van der Waals surface area contributed by atoms with Crippen LogP contribution in [0.1, 0.15) is 18.5 Å². The number of halogens is 2. The van der Waals surface area contributed by atoms with Crippen molar-refractivity contribution in [3.05, 3.63) is 30.1 Å². The fourth-order valence-electron chi connectivity index (χ4n) is 1.23. The highest BCUT2D eigenvalue weighted by atomic mass is 35.5. The van der Waals surface area contributed by atoms with E-state index in [1.807, 2.05) is 18.2 Å². The predicted molar refractivity (Wildman–Crippen MR) is 73.7 cm³/mol. The van der Waals surface area contributed by atoms with Gasteiger partial charge in [-0.1, -0.05) is 6.07 Å². The van der Waals surface area contributed by atoms with Gasteiger partial charge in [0.15, 0.2) is 0 Å². The van der Waals surface area contributed by atoms with E-state index in [0.717, 1.165) is 18.5 Å². The molecule has 6 heteroatoms. The van der Waals surface area contributed by atoms with Gasteiger partial charge in [-0.3, -0.25) is 9.78 Å². The van der Waals surface area contributed by atoms with Crippen LogP contribution in [0.15, 0.2) is 24.4 Å². The number of nitrogens with zero attached hydrogens (tertiary/aromatic N) is 1. The highest BCUT2D eigenvalue weighted by Crippen LogP contribution is 1.93. The number of carbonyl (C=O) groups excluding carboxylic acids is 1. The van der Waals surface area contributed by atoms with Crippen molar-refractivity contribution in [1.82, 2.24) is 10.3 Å². The summed E-state index contributed by atoms with van der Waals surface area (Å²) < 4.78 is 0. The molecule has 98 valence electrons. The molecule has 0 aliphatic carbocycles. The van der Waals surface area contributed by atoms with E-state index in [0.29, 0.717) is 19.5 Å². The standard InChI is InChI=1S/C11H17N3O.2ClH/c12-7-3-5-11(15)14-9-6-10-4-1-2-8-13-10;;/h1-2,4,8H,3,5-7,9,12H2,(H,14,15);2*1H. The monoisotopic (exact) mass is 279 g/mol. The lowest BCUT2D eigenvalue weighted by Gasteiger charge is -2.03. The predicted octanol–water partition coefficient (Wildman–Crippen LogP) is 1.32. The SMILES string of the molecule is Cl.Cl.NCCCC(=O)NCCc1ccccn1. The molecule has 1 aromatic heterocycles. The van der Waals surface area contributed by atoms with Crippen molar-refractivity contribution in [1.29, 1.82) is 0 Å². The van der Waals surface area contributed by atoms with Crippen LogP contribution in [0, 0.1) is 0 Å². The topological polar surface area (TPSA) is 68.0 Å². The van der Waals surface area contributed by atoms with E-state index in [9.17, 15) is 4.79 Å². The van der Waals surface area contributed by atoms with Gasteiger partial charge < -0.3 is 11.1 Å². The molecule has 0 bridgehead atoms. The summed E-state index contributed by atoms with van der Waals surface area (Å²) in [5.74, 6) is 0.0661. The molecule has 0 aliphatic rings. The minimum atomic E-state index is 0. The third kappa shape index (κ3) is 8.92. The van der Waals surface area contributed by atoms with E-state index in [1.54, 1.807) is 6.20 Å². The molecule has 0 saturated carbocycles. The van der Waals surface area contributed by atoms with Gasteiger partial charge >= 0.3 is 0 Å². The van der Waals surface area contributed by atoms with E-state index >= 15 is 0 Å². The molecule has 0 aromatic carbocycles. The van der Waals surface area contributed by atoms with Crippen molar-refractivity contribution in [2.45, 2.75) is 19.3 Å². The Morgan fingerprint density at radius 1 is 1.35 bits per heavy atom. The largest absolute Gasteiger partial charge is 0.356 e. The van der Waals surface area contributed by atoms with Gasteiger partial charge in [-0.25, -0.2) is 0 Å². The maximum atomic E-state index is 11.2. The molecule has 0 radical (unpaired) electrons. The maximum Gasteiger partial charge on any atom is 0.220 e. The maximum absolute atomic E-state index is 11.2. The molecule has 0 spiro atoms. The van der Waals surface area contributed by atoms with E-state index in [1.165, 1.54) is 0 Å². The number of amides is 1. The van der Waals surface area contributed by atoms with Crippen LogP contribution < -0.4 is 11.1 Å². The van der Waals surface area contributed by atoms with E-state index < -0.39 is 0 Å². The number of hydrogen-bond donors (Lipinski definition) is 2. The van der Waals surface area contributed by atoms with Crippen LogP contribution in [-0.2, 0) is 11.2 Å². The van der Waals surface area contributed by atoms with Gasteiger partial charge in [0, 0.05) is 31.3 Å². The number of rotatable bonds is 6. The van der Waals surface area contributed by atoms with Crippen LogP contribution in [0.5, 0.6) is 0 Å². The molecule has 4 nitrogen and oxygen atoms in total. The zero-order valence-electron chi connectivity index (χ0n) is 9.59. The number of nitrogens with one attached hydrogen (secondary N) is 1. The molecule has 1 aromatic rings. The van der Waals surface area contributed by atoms with Crippen molar-refractivity contribution in [3.63, 3.8) is 0 Å². The molecule has 0 fully saturated rings. The first kappa shape index (κ1) is 18.5. The molecule has 1 amide bonds. The first-order valence-electron chi connectivity index (χ1n) is 5.19. The van der Waals surface area contributed by atoms with Crippen molar-refractivity contribution in [2.24, 2.45) is 5.73 Å². The fraction of sp³-hybridized carbons (Fsp3) is 0.455. The summed E-state index contributed by atoms with van der Waals surface area (Å²) in [6, 6.07) is 5.77. The average Bonchev–Trinajstić information content (AvgIpc) is 2.28. The highest BCUT2D eigenvalue weighted by Gasteiger charge is 1.99. The van der Waals surface area contributed by atoms with E-state index in [2.05, 4.69) is 10.3 Å². The third-order valence-electron chi connectivity index (χ3n) is 2.04. The van der Waals surface area contributed by atoms with Crippen LogP contribution in [0.3, 0.4) is 0 Å². The van der Waals surface area contributed by atoms with Gasteiger partial charge in [-0.05, 0) is 25.1 Å². The molecular weight excluding hydrogens is 261 g/mol. The van der Waals surface area contributed by atoms with Gasteiger partial charge in [0.05, 0.1) is 0 Å². The normalized spacial score (nSPS) is 8.76. The van der Waals surface area contributed by atoms with Gasteiger partial charge in [-0.15, -0.1) is 24.8 Å². The molecule has 17 heavy (non-hydrogen) atoms. The summed E-state index contributed by atoms with van der Waals surface area (Å²) in [6.07, 6.45) is 3.79. The molecule has 0 unspecified atom stereocenters. The Morgan fingerprint density at radius 3 is 2.71 bits per heavy atom. The Hall–Kier alpha value is -0.840. The van der Waals surface area contributed by atoms with Crippen molar-refractivity contribution >= 4 is 30.7 Å². The summed E-state index contributed by atoms with van der Waals surface area (Å²) in [6.45, 7) is 1.20. The zero-order valence-corrected chi connectivity index (χ0v) is 11.2.